The van der Waals surface area contributed by atoms with Crippen molar-refractivity contribution in [1.29, 1.82) is 0 Å². The molecule has 0 unspecified atom stereocenters. The summed E-state index contributed by atoms with van der Waals surface area (Å²) in [6.07, 6.45) is 0. The molecule has 1 N–H and O–H groups in total. The topological polar surface area (TPSA) is 63.6 Å². The van der Waals surface area contributed by atoms with Gasteiger partial charge in [-0.1, -0.05) is 0 Å². The molecule has 0 amide bonds. The number of carboxylic acid groups (broad SMARTS) is 1. The van der Waals surface area contributed by atoms with Crippen molar-refractivity contribution in [1.82, 2.24) is 0 Å². The molecule has 0 aromatic heterocycles. The van der Waals surface area contributed by atoms with Gasteiger partial charge in [0.15, 0.2) is 11.6 Å². The third-order valence-corrected chi connectivity index (χ3v) is 1.71. The van der Waals surface area contributed by atoms with Gasteiger partial charge in [0, 0.05) is 0 Å². The molecule has 0 aliphatic carbocycles. The first-order valence-electron chi connectivity index (χ1n) is 3.78. The lowest BCUT2D eigenvalue weighted by molar-refractivity contribution is 0.0579. The highest BCUT2D eigenvalue weighted by molar-refractivity contribution is 6.02. The van der Waals surface area contributed by atoms with Crippen molar-refractivity contribution in [2.24, 2.45) is 0 Å². The summed E-state index contributed by atoms with van der Waals surface area (Å²) in [6.45, 7) is 0. The van der Waals surface area contributed by atoms with Gasteiger partial charge in [-0.25, -0.2) is 18.4 Å². The largest absolute Gasteiger partial charge is 0.478 e. The molecule has 0 spiro atoms. The van der Waals surface area contributed by atoms with Gasteiger partial charge in [0.05, 0.1) is 12.7 Å². The number of ether oxygens (including phenoxy) is 1. The normalized spacial score (nSPS) is 9.80. The van der Waals surface area contributed by atoms with Crippen molar-refractivity contribution in [3.63, 3.8) is 0 Å². The van der Waals surface area contributed by atoms with Crippen LogP contribution in [0.4, 0.5) is 8.78 Å². The molecular formula is C9H6F2O4. The minimum Gasteiger partial charge on any atom is -0.478 e. The van der Waals surface area contributed by atoms with Crippen molar-refractivity contribution in [3.8, 4) is 0 Å². The number of esters is 1. The molecule has 1 aromatic carbocycles. The predicted octanol–water partition coefficient (Wildman–Crippen LogP) is 1.45. The number of halogens is 2. The number of carbonyl (C=O) groups is 2. The zero-order valence-electron chi connectivity index (χ0n) is 7.58. The Bertz CT molecular complexity index is 428. The average molecular weight is 216 g/mol. The van der Waals surface area contributed by atoms with E-state index < -0.39 is 34.7 Å². The lowest BCUT2D eigenvalue weighted by Gasteiger charge is -2.05. The van der Waals surface area contributed by atoms with Crippen molar-refractivity contribution >= 4 is 11.9 Å². The standard InChI is InChI=1S/C9H6F2O4/c1-15-9(14)4-2-3-5(10)7(11)6(4)8(12)13/h2-3H,1H3,(H,12,13). The van der Waals surface area contributed by atoms with E-state index in [0.29, 0.717) is 6.07 Å². The number of carbonyl (C=O) groups excluding carboxylic acids is 1. The van der Waals surface area contributed by atoms with E-state index in [1.54, 1.807) is 0 Å². The zero-order chi connectivity index (χ0) is 11.6. The first kappa shape index (κ1) is 11.1. The Labute approximate surface area is 83.1 Å². The van der Waals surface area contributed by atoms with E-state index in [0.717, 1.165) is 13.2 Å². The van der Waals surface area contributed by atoms with E-state index >= 15 is 0 Å². The highest BCUT2D eigenvalue weighted by Gasteiger charge is 2.24. The second kappa shape index (κ2) is 4.04. The van der Waals surface area contributed by atoms with Gasteiger partial charge in [-0.2, -0.15) is 0 Å². The van der Waals surface area contributed by atoms with Crippen LogP contribution < -0.4 is 0 Å². The van der Waals surface area contributed by atoms with E-state index in [9.17, 15) is 18.4 Å². The summed E-state index contributed by atoms with van der Waals surface area (Å²) in [4.78, 5) is 21.6. The molecule has 0 fully saturated rings. The first-order chi connectivity index (χ1) is 6.99. The molecule has 0 saturated heterocycles. The number of hydrogen-bond donors (Lipinski definition) is 1. The van der Waals surface area contributed by atoms with Crippen LogP contribution in [0.15, 0.2) is 12.1 Å². The fourth-order valence-electron chi connectivity index (χ4n) is 1.04. The van der Waals surface area contributed by atoms with Gasteiger partial charge < -0.3 is 9.84 Å². The van der Waals surface area contributed by atoms with E-state index in [4.69, 9.17) is 5.11 Å². The van der Waals surface area contributed by atoms with Crippen molar-refractivity contribution in [2.75, 3.05) is 7.11 Å². The molecule has 0 aliphatic rings. The summed E-state index contributed by atoms with van der Waals surface area (Å²) in [7, 11) is 1.01. The monoisotopic (exact) mass is 216 g/mol. The van der Waals surface area contributed by atoms with Crippen molar-refractivity contribution in [3.05, 3.63) is 34.9 Å². The van der Waals surface area contributed by atoms with Crippen molar-refractivity contribution in [2.45, 2.75) is 0 Å². The molecular weight excluding hydrogens is 210 g/mol. The summed E-state index contributed by atoms with van der Waals surface area (Å²) in [5, 5.41) is 8.60. The number of hydrogen-bond acceptors (Lipinski definition) is 3. The van der Waals surface area contributed by atoms with E-state index in [1.807, 2.05) is 0 Å². The van der Waals surface area contributed by atoms with Gasteiger partial charge in [0.2, 0.25) is 0 Å². The Morgan fingerprint density at radius 1 is 1.33 bits per heavy atom. The Balaban J connectivity index is 3.46. The Morgan fingerprint density at radius 3 is 2.40 bits per heavy atom. The summed E-state index contributed by atoms with van der Waals surface area (Å²) < 4.78 is 30.0. The van der Waals surface area contributed by atoms with Gasteiger partial charge in [-0.05, 0) is 12.1 Å². The van der Waals surface area contributed by atoms with Gasteiger partial charge in [0.1, 0.15) is 5.56 Å². The second-order valence-corrected chi connectivity index (χ2v) is 2.58. The maximum Gasteiger partial charge on any atom is 0.339 e. The fraction of sp³-hybridized carbons (Fsp3) is 0.111. The van der Waals surface area contributed by atoms with Crippen LogP contribution in [0.5, 0.6) is 0 Å². The number of methoxy groups -OCH3 is 1. The zero-order valence-corrected chi connectivity index (χ0v) is 7.58. The van der Waals surface area contributed by atoms with Crippen LogP contribution in [-0.4, -0.2) is 24.2 Å². The Hall–Kier alpha value is -1.98. The summed E-state index contributed by atoms with van der Waals surface area (Å²) in [5.74, 6) is -5.68. The minimum absolute atomic E-state index is 0.524. The van der Waals surface area contributed by atoms with Crippen LogP contribution in [-0.2, 0) is 4.74 Å². The molecule has 80 valence electrons. The summed E-state index contributed by atoms with van der Waals surface area (Å²) in [5.41, 5.74) is -1.55. The first-order valence-corrected chi connectivity index (χ1v) is 3.78. The van der Waals surface area contributed by atoms with E-state index in [2.05, 4.69) is 4.74 Å². The maximum atomic E-state index is 13.0. The molecule has 0 saturated carbocycles. The number of aromatic carboxylic acids is 1. The molecule has 0 aliphatic heterocycles. The van der Waals surface area contributed by atoms with Crippen LogP contribution in [0.1, 0.15) is 20.7 Å². The van der Waals surface area contributed by atoms with Crippen molar-refractivity contribution < 1.29 is 28.2 Å². The highest BCUT2D eigenvalue weighted by atomic mass is 19.2. The molecule has 0 heterocycles. The lowest BCUT2D eigenvalue weighted by atomic mass is 10.1. The van der Waals surface area contributed by atoms with Crippen LogP contribution in [0.25, 0.3) is 0 Å². The summed E-state index contributed by atoms with van der Waals surface area (Å²) in [6, 6.07) is 1.52. The molecule has 1 rings (SSSR count). The third kappa shape index (κ3) is 1.93. The number of rotatable bonds is 2. The van der Waals surface area contributed by atoms with Crippen LogP contribution in [0, 0.1) is 11.6 Å². The van der Waals surface area contributed by atoms with Gasteiger partial charge in [0.25, 0.3) is 0 Å². The smallest absolute Gasteiger partial charge is 0.339 e. The van der Waals surface area contributed by atoms with E-state index in [-0.39, 0.29) is 0 Å². The molecule has 0 bridgehead atoms. The fourth-order valence-corrected chi connectivity index (χ4v) is 1.04. The molecule has 15 heavy (non-hydrogen) atoms. The second-order valence-electron chi connectivity index (χ2n) is 2.58. The lowest BCUT2D eigenvalue weighted by Crippen LogP contribution is -2.13. The predicted molar refractivity (Wildman–Crippen MR) is 44.7 cm³/mol. The van der Waals surface area contributed by atoms with Crippen LogP contribution in [0.3, 0.4) is 0 Å². The quantitative estimate of drug-likeness (QED) is 0.760. The molecule has 0 radical (unpaired) electrons. The van der Waals surface area contributed by atoms with Crippen LogP contribution in [0.2, 0.25) is 0 Å². The van der Waals surface area contributed by atoms with Gasteiger partial charge in [-0.15, -0.1) is 0 Å². The molecule has 1 aromatic rings. The summed E-state index contributed by atoms with van der Waals surface area (Å²) >= 11 is 0. The SMILES string of the molecule is COC(=O)c1ccc(F)c(F)c1C(=O)O. The number of carboxylic acids is 1. The Kier molecular flexibility index (Phi) is 2.99. The van der Waals surface area contributed by atoms with Crippen LogP contribution >= 0.6 is 0 Å². The molecule has 0 atom stereocenters. The van der Waals surface area contributed by atoms with Gasteiger partial charge >= 0.3 is 11.9 Å². The minimum atomic E-state index is -1.73. The maximum absolute atomic E-state index is 13.0. The molecule has 4 nitrogen and oxygen atoms in total. The third-order valence-electron chi connectivity index (χ3n) is 1.71. The van der Waals surface area contributed by atoms with E-state index in [1.165, 1.54) is 0 Å². The van der Waals surface area contributed by atoms with Gasteiger partial charge in [-0.3, -0.25) is 0 Å². The number of benzene rings is 1. The molecule has 6 heteroatoms. The average Bonchev–Trinajstić information content (AvgIpc) is 2.20. The highest BCUT2D eigenvalue weighted by Crippen LogP contribution is 2.17. The Morgan fingerprint density at radius 2 is 1.93 bits per heavy atom.